The fourth-order valence-electron chi connectivity index (χ4n) is 3.24. The highest BCUT2D eigenvalue weighted by Crippen LogP contribution is 2.23. The van der Waals surface area contributed by atoms with E-state index in [9.17, 15) is 9.59 Å². The van der Waals surface area contributed by atoms with Gasteiger partial charge in [-0.25, -0.2) is 0 Å². The van der Waals surface area contributed by atoms with Crippen molar-refractivity contribution >= 4 is 35.1 Å². The predicted molar refractivity (Wildman–Crippen MR) is 99.3 cm³/mol. The van der Waals surface area contributed by atoms with Crippen molar-refractivity contribution in [3.8, 4) is 0 Å². The number of nitrogens with zero attached hydrogens (tertiary/aromatic N) is 2. The summed E-state index contributed by atoms with van der Waals surface area (Å²) < 4.78 is 0. The van der Waals surface area contributed by atoms with Crippen LogP contribution in [0.25, 0.3) is 0 Å². The molecule has 0 spiro atoms. The van der Waals surface area contributed by atoms with Gasteiger partial charge < -0.3 is 10.0 Å². The number of rotatable bonds is 6. The topological polar surface area (TPSA) is 60.9 Å². The standard InChI is InChI=1S/C18H24Cl2N2O3/c1-21(12-18(24)25)15-3-2-9-22(10-8-15)17(23)7-5-13-4-6-14(19)11-16(13)20/h4,6,11,15H,2-3,5,7-10,12H2,1H3,(H,24,25). The quantitative estimate of drug-likeness (QED) is 0.814. The average Bonchev–Trinajstić information content (AvgIpc) is 2.79. The van der Waals surface area contributed by atoms with Crippen molar-refractivity contribution < 1.29 is 14.7 Å². The predicted octanol–water partition coefficient (Wildman–Crippen LogP) is 3.32. The summed E-state index contributed by atoms with van der Waals surface area (Å²) in [5.41, 5.74) is 0.924. The Labute approximate surface area is 158 Å². The number of carboxylic acids is 1. The molecule has 1 amide bonds. The van der Waals surface area contributed by atoms with Gasteiger partial charge in [-0.3, -0.25) is 14.5 Å². The lowest BCUT2D eigenvalue weighted by atomic mass is 10.1. The molecule has 1 fully saturated rings. The van der Waals surface area contributed by atoms with Crippen LogP contribution in [0.4, 0.5) is 0 Å². The van der Waals surface area contributed by atoms with Crippen LogP contribution in [-0.2, 0) is 16.0 Å². The van der Waals surface area contributed by atoms with Crippen LogP contribution < -0.4 is 0 Å². The first-order valence-corrected chi connectivity index (χ1v) is 9.26. The Morgan fingerprint density at radius 3 is 2.72 bits per heavy atom. The van der Waals surface area contributed by atoms with Gasteiger partial charge in [-0.15, -0.1) is 0 Å². The fourth-order valence-corrected chi connectivity index (χ4v) is 3.74. The molecule has 25 heavy (non-hydrogen) atoms. The van der Waals surface area contributed by atoms with Crippen LogP contribution in [0.2, 0.25) is 10.0 Å². The van der Waals surface area contributed by atoms with Gasteiger partial charge in [0.2, 0.25) is 5.91 Å². The Kier molecular flexibility index (Phi) is 7.54. The number of carboxylic acid groups (broad SMARTS) is 1. The Morgan fingerprint density at radius 2 is 2.04 bits per heavy atom. The molecule has 1 unspecified atom stereocenters. The van der Waals surface area contributed by atoms with E-state index in [-0.39, 0.29) is 18.5 Å². The van der Waals surface area contributed by atoms with E-state index in [1.54, 1.807) is 12.1 Å². The summed E-state index contributed by atoms with van der Waals surface area (Å²) in [6, 6.07) is 5.54. The molecule has 7 heteroatoms. The van der Waals surface area contributed by atoms with Crippen molar-refractivity contribution in [2.45, 2.75) is 38.1 Å². The third-order valence-electron chi connectivity index (χ3n) is 4.68. The van der Waals surface area contributed by atoms with Gasteiger partial charge in [0.05, 0.1) is 6.54 Å². The van der Waals surface area contributed by atoms with E-state index >= 15 is 0 Å². The number of hydrogen-bond acceptors (Lipinski definition) is 3. The maximum Gasteiger partial charge on any atom is 0.317 e. The number of carbonyl (C=O) groups excluding carboxylic acids is 1. The minimum atomic E-state index is -0.820. The van der Waals surface area contributed by atoms with Gasteiger partial charge in [-0.2, -0.15) is 0 Å². The number of carbonyl (C=O) groups is 2. The van der Waals surface area contributed by atoms with Gasteiger partial charge in [-0.1, -0.05) is 29.3 Å². The SMILES string of the molecule is CN(CC(=O)O)C1CCCN(C(=O)CCc2ccc(Cl)cc2Cl)CC1. The van der Waals surface area contributed by atoms with Crippen LogP contribution in [0, 0.1) is 0 Å². The lowest BCUT2D eigenvalue weighted by Crippen LogP contribution is -2.37. The van der Waals surface area contributed by atoms with E-state index in [4.69, 9.17) is 28.3 Å². The molecule has 1 aromatic rings. The molecule has 1 saturated heterocycles. The molecule has 0 aromatic heterocycles. The number of amides is 1. The van der Waals surface area contributed by atoms with Crippen LogP contribution in [0.15, 0.2) is 18.2 Å². The lowest BCUT2D eigenvalue weighted by Gasteiger charge is -2.25. The molecule has 0 bridgehead atoms. The summed E-state index contributed by atoms with van der Waals surface area (Å²) in [7, 11) is 1.83. The minimum absolute atomic E-state index is 0.0354. The van der Waals surface area contributed by atoms with Crippen LogP contribution in [-0.4, -0.2) is 59.5 Å². The average molecular weight is 387 g/mol. The van der Waals surface area contributed by atoms with E-state index in [1.165, 1.54) is 0 Å². The van der Waals surface area contributed by atoms with Crippen molar-refractivity contribution in [1.82, 2.24) is 9.80 Å². The second-order valence-corrected chi connectivity index (χ2v) is 7.35. The highest BCUT2D eigenvalue weighted by molar-refractivity contribution is 6.35. The Bertz CT molecular complexity index is 624. The monoisotopic (exact) mass is 386 g/mol. The molecular weight excluding hydrogens is 363 g/mol. The van der Waals surface area contributed by atoms with E-state index in [2.05, 4.69) is 0 Å². The summed E-state index contributed by atoms with van der Waals surface area (Å²) in [6.07, 6.45) is 3.61. The fraction of sp³-hybridized carbons (Fsp3) is 0.556. The molecule has 138 valence electrons. The number of halogens is 2. The summed E-state index contributed by atoms with van der Waals surface area (Å²) in [5.74, 6) is -0.702. The molecular formula is C18H24Cl2N2O3. The molecule has 0 radical (unpaired) electrons. The Morgan fingerprint density at radius 1 is 1.28 bits per heavy atom. The smallest absolute Gasteiger partial charge is 0.317 e. The van der Waals surface area contributed by atoms with Gasteiger partial charge in [-0.05, 0) is 50.4 Å². The molecule has 1 aliphatic heterocycles. The maximum absolute atomic E-state index is 12.5. The second-order valence-electron chi connectivity index (χ2n) is 6.51. The number of hydrogen-bond donors (Lipinski definition) is 1. The van der Waals surface area contributed by atoms with E-state index in [0.29, 0.717) is 29.4 Å². The first-order valence-electron chi connectivity index (χ1n) is 8.50. The summed E-state index contributed by atoms with van der Waals surface area (Å²) >= 11 is 12.0. The van der Waals surface area contributed by atoms with Crippen LogP contribution >= 0.6 is 23.2 Å². The number of aliphatic carboxylic acids is 1. The minimum Gasteiger partial charge on any atom is -0.480 e. The largest absolute Gasteiger partial charge is 0.480 e. The second kappa shape index (κ2) is 9.41. The number of aryl methyl sites for hydroxylation is 1. The molecule has 0 saturated carbocycles. The first-order chi connectivity index (χ1) is 11.9. The zero-order chi connectivity index (χ0) is 18.4. The van der Waals surface area contributed by atoms with Gasteiger partial charge in [0.15, 0.2) is 0 Å². The van der Waals surface area contributed by atoms with E-state index in [1.807, 2.05) is 22.9 Å². The molecule has 1 N–H and O–H groups in total. The summed E-state index contributed by atoms with van der Waals surface area (Å²) in [5, 5.41) is 10.1. The summed E-state index contributed by atoms with van der Waals surface area (Å²) in [4.78, 5) is 27.1. The van der Waals surface area contributed by atoms with Crippen molar-refractivity contribution in [3.63, 3.8) is 0 Å². The normalized spacial score (nSPS) is 18.2. The third kappa shape index (κ3) is 6.17. The number of likely N-dealkylation sites (N-methyl/N-ethyl adjacent to an activating group) is 1. The third-order valence-corrected chi connectivity index (χ3v) is 5.27. The zero-order valence-electron chi connectivity index (χ0n) is 14.4. The van der Waals surface area contributed by atoms with Crippen molar-refractivity contribution in [1.29, 1.82) is 0 Å². The molecule has 0 aliphatic carbocycles. The maximum atomic E-state index is 12.5. The van der Waals surface area contributed by atoms with E-state index < -0.39 is 5.97 Å². The van der Waals surface area contributed by atoms with Gasteiger partial charge in [0.25, 0.3) is 0 Å². The Balaban J connectivity index is 1.85. The van der Waals surface area contributed by atoms with E-state index in [0.717, 1.165) is 31.4 Å². The van der Waals surface area contributed by atoms with Gasteiger partial charge in [0.1, 0.15) is 0 Å². The number of benzene rings is 1. The molecule has 5 nitrogen and oxygen atoms in total. The highest BCUT2D eigenvalue weighted by atomic mass is 35.5. The molecule has 1 aliphatic rings. The van der Waals surface area contributed by atoms with Crippen LogP contribution in [0.1, 0.15) is 31.2 Å². The first kappa shape index (κ1) is 20.0. The van der Waals surface area contributed by atoms with Crippen molar-refractivity contribution in [2.75, 3.05) is 26.7 Å². The van der Waals surface area contributed by atoms with Gasteiger partial charge >= 0.3 is 5.97 Å². The lowest BCUT2D eigenvalue weighted by molar-refractivity contribution is -0.138. The van der Waals surface area contributed by atoms with Gasteiger partial charge in [0, 0.05) is 35.6 Å². The van der Waals surface area contributed by atoms with Crippen LogP contribution in [0.5, 0.6) is 0 Å². The molecule has 2 rings (SSSR count). The molecule has 1 atom stereocenters. The van der Waals surface area contributed by atoms with Crippen molar-refractivity contribution in [3.05, 3.63) is 33.8 Å². The summed E-state index contributed by atoms with van der Waals surface area (Å²) in [6.45, 7) is 1.43. The van der Waals surface area contributed by atoms with Crippen molar-refractivity contribution in [2.24, 2.45) is 0 Å². The molecule has 1 heterocycles. The zero-order valence-corrected chi connectivity index (χ0v) is 15.9. The van der Waals surface area contributed by atoms with Crippen LogP contribution in [0.3, 0.4) is 0 Å². The Hall–Kier alpha value is -1.30. The number of likely N-dealkylation sites (tertiary alicyclic amines) is 1. The highest BCUT2D eigenvalue weighted by Gasteiger charge is 2.23. The molecule has 1 aromatic carbocycles.